The molecule has 1 fully saturated rings. The summed E-state index contributed by atoms with van der Waals surface area (Å²) in [5, 5.41) is 31.1. The second-order valence-corrected chi connectivity index (χ2v) is 4.59. The number of carboxylic acid groups (broad SMARTS) is 1. The van der Waals surface area contributed by atoms with Gasteiger partial charge in [-0.05, 0) is 5.92 Å². The lowest BCUT2D eigenvalue weighted by Gasteiger charge is -2.35. The van der Waals surface area contributed by atoms with E-state index in [0.717, 1.165) is 0 Å². The Labute approximate surface area is 93.3 Å². The molecule has 4 N–H and O–H groups in total. The molecule has 1 rings (SSSR count). The molecule has 0 radical (unpaired) electrons. The fourth-order valence-electron chi connectivity index (χ4n) is 2.01. The molecule has 92 valence electrons. The fraction of sp³-hybridized carbons (Fsp3) is 0.800. The first kappa shape index (κ1) is 12.9. The number of amides is 1. The van der Waals surface area contributed by atoms with Crippen LogP contribution >= 0.6 is 0 Å². The monoisotopic (exact) mass is 231 g/mol. The first-order valence-corrected chi connectivity index (χ1v) is 5.16. The second-order valence-electron chi connectivity index (χ2n) is 4.59. The Bertz CT molecular complexity index is 316. The van der Waals surface area contributed by atoms with Gasteiger partial charge in [0.2, 0.25) is 5.91 Å². The fourth-order valence-corrected chi connectivity index (χ4v) is 2.01. The van der Waals surface area contributed by atoms with E-state index in [0.29, 0.717) is 0 Å². The molecule has 1 amide bonds. The zero-order valence-electron chi connectivity index (χ0n) is 9.47. The highest BCUT2D eigenvalue weighted by atomic mass is 16.4. The van der Waals surface area contributed by atoms with Gasteiger partial charge < -0.3 is 20.6 Å². The molecule has 1 aliphatic heterocycles. The summed E-state index contributed by atoms with van der Waals surface area (Å²) in [6.07, 6.45) is -2.77. The van der Waals surface area contributed by atoms with Crippen molar-refractivity contribution >= 4 is 11.9 Å². The summed E-state index contributed by atoms with van der Waals surface area (Å²) in [4.78, 5) is 22.6. The van der Waals surface area contributed by atoms with E-state index in [-0.39, 0.29) is 0 Å². The first-order chi connectivity index (χ1) is 7.25. The number of carbonyl (C=O) groups excluding carboxylic acids is 1. The summed E-state index contributed by atoms with van der Waals surface area (Å²) >= 11 is 0. The maximum Gasteiger partial charge on any atom is 0.334 e. The molecule has 0 unspecified atom stereocenters. The van der Waals surface area contributed by atoms with Crippen LogP contribution in [0, 0.1) is 11.8 Å². The Morgan fingerprint density at radius 1 is 1.50 bits per heavy atom. The van der Waals surface area contributed by atoms with Gasteiger partial charge in [0.05, 0.1) is 12.0 Å². The topological polar surface area (TPSA) is 107 Å². The van der Waals surface area contributed by atoms with E-state index in [1.165, 1.54) is 6.92 Å². The molecule has 16 heavy (non-hydrogen) atoms. The minimum absolute atomic E-state index is 0.392. The number of aliphatic carboxylic acids is 1. The molecule has 6 heteroatoms. The predicted octanol–water partition coefficient (Wildman–Crippen LogP) is -1.05. The van der Waals surface area contributed by atoms with E-state index in [2.05, 4.69) is 5.32 Å². The molecular formula is C10H17NO5. The zero-order valence-corrected chi connectivity index (χ0v) is 9.47. The van der Waals surface area contributed by atoms with Gasteiger partial charge in [0, 0.05) is 0 Å². The van der Waals surface area contributed by atoms with Crippen LogP contribution in [0.4, 0.5) is 0 Å². The second kappa shape index (κ2) is 4.03. The number of hydrogen-bond donors (Lipinski definition) is 4. The third-order valence-electron chi connectivity index (χ3n) is 3.14. The SMILES string of the molecule is CC(C)[C@@H](O)[C@]1(C(=O)O)NC(=O)[C@@H](C)[C@H]1O. The van der Waals surface area contributed by atoms with Gasteiger partial charge in [0.15, 0.2) is 5.54 Å². The lowest BCUT2D eigenvalue weighted by Crippen LogP contribution is -2.65. The molecule has 0 aliphatic carbocycles. The third-order valence-corrected chi connectivity index (χ3v) is 3.14. The predicted molar refractivity (Wildman–Crippen MR) is 54.5 cm³/mol. The Balaban J connectivity index is 3.18. The molecule has 0 aromatic rings. The highest BCUT2D eigenvalue weighted by Crippen LogP contribution is 2.32. The first-order valence-electron chi connectivity index (χ1n) is 5.16. The number of hydrogen-bond acceptors (Lipinski definition) is 4. The Morgan fingerprint density at radius 3 is 2.25 bits per heavy atom. The van der Waals surface area contributed by atoms with Crippen molar-refractivity contribution in [1.82, 2.24) is 5.32 Å². The average Bonchev–Trinajstić information content (AvgIpc) is 2.42. The van der Waals surface area contributed by atoms with Crippen LogP contribution in [0.2, 0.25) is 0 Å². The highest BCUT2D eigenvalue weighted by molar-refractivity contribution is 5.94. The van der Waals surface area contributed by atoms with E-state index in [1.54, 1.807) is 13.8 Å². The van der Waals surface area contributed by atoms with Gasteiger partial charge in [-0.2, -0.15) is 0 Å². The van der Waals surface area contributed by atoms with Crippen molar-refractivity contribution in [3.63, 3.8) is 0 Å². The van der Waals surface area contributed by atoms with Crippen LogP contribution < -0.4 is 5.32 Å². The lowest BCUT2D eigenvalue weighted by atomic mass is 9.80. The molecule has 4 atom stereocenters. The Kier molecular flexibility index (Phi) is 3.25. The number of carboxylic acids is 1. The van der Waals surface area contributed by atoms with Crippen LogP contribution in [0.1, 0.15) is 20.8 Å². The van der Waals surface area contributed by atoms with Crippen molar-refractivity contribution in [2.75, 3.05) is 0 Å². The summed E-state index contributed by atoms with van der Waals surface area (Å²) < 4.78 is 0. The van der Waals surface area contributed by atoms with Gasteiger partial charge in [0.1, 0.15) is 6.10 Å². The van der Waals surface area contributed by atoms with Crippen molar-refractivity contribution < 1.29 is 24.9 Å². The van der Waals surface area contributed by atoms with Gasteiger partial charge in [0.25, 0.3) is 0 Å². The van der Waals surface area contributed by atoms with Crippen LogP contribution in [0.3, 0.4) is 0 Å². The van der Waals surface area contributed by atoms with Gasteiger partial charge in [-0.25, -0.2) is 4.79 Å². The summed E-state index contributed by atoms with van der Waals surface area (Å²) in [6, 6.07) is 0. The van der Waals surface area contributed by atoms with Crippen molar-refractivity contribution in [3.8, 4) is 0 Å². The van der Waals surface area contributed by atoms with Crippen LogP contribution in [-0.2, 0) is 9.59 Å². The molecule has 0 saturated carbocycles. The maximum atomic E-state index is 11.4. The number of nitrogens with one attached hydrogen (secondary N) is 1. The summed E-state index contributed by atoms with van der Waals surface area (Å²) in [6.45, 7) is 4.67. The van der Waals surface area contributed by atoms with E-state index >= 15 is 0 Å². The molecule has 0 spiro atoms. The smallest absolute Gasteiger partial charge is 0.334 e. The summed E-state index contributed by atoms with van der Waals surface area (Å²) in [5.41, 5.74) is -2.00. The number of aliphatic hydroxyl groups excluding tert-OH is 2. The van der Waals surface area contributed by atoms with Gasteiger partial charge in [-0.1, -0.05) is 20.8 Å². The quantitative estimate of drug-likeness (QED) is 0.496. The molecule has 1 saturated heterocycles. The largest absolute Gasteiger partial charge is 0.479 e. The zero-order chi connectivity index (χ0) is 12.7. The highest BCUT2D eigenvalue weighted by Gasteiger charge is 2.61. The van der Waals surface area contributed by atoms with Crippen LogP contribution in [0.15, 0.2) is 0 Å². The molecule has 1 heterocycles. The molecular weight excluding hydrogens is 214 g/mol. The average molecular weight is 231 g/mol. The standard InChI is InChI=1S/C10H17NO5/c1-4(2)6(12)10(9(15)16)7(13)5(3)8(14)11-10/h4-7,12-13H,1-3H3,(H,11,14)(H,15,16)/t5-,6+,7+,10-/m0/s1. The molecule has 1 aliphatic rings. The molecule has 6 nitrogen and oxygen atoms in total. The van der Waals surface area contributed by atoms with Gasteiger partial charge in [-0.3, -0.25) is 4.79 Å². The van der Waals surface area contributed by atoms with E-state index < -0.39 is 41.5 Å². The number of rotatable bonds is 3. The van der Waals surface area contributed by atoms with E-state index in [4.69, 9.17) is 5.11 Å². The van der Waals surface area contributed by atoms with E-state index in [1.807, 2.05) is 0 Å². The van der Waals surface area contributed by atoms with Crippen LogP contribution in [0.5, 0.6) is 0 Å². The maximum absolute atomic E-state index is 11.4. The third kappa shape index (κ3) is 1.58. The Morgan fingerprint density at radius 2 is 2.00 bits per heavy atom. The minimum Gasteiger partial charge on any atom is -0.479 e. The van der Waals surface area contributed by atoms with Crippen LogP contribution in [0.25, 0.3) is 0 Å². The van der Waals surface area contributed by atoms with E-state index in [9.17, 15) is 19.8 Å². The summed E-state index contributed by atoms with van der Waals surface area (Å²) in [7, 11) is 0. The normalized spacial score (nSPS) is 36.2. The van der Waals surface area contributed by atoms with Crippen LogP contribution in [-0.4, -0.2) is 44.9 Å². The van der Waals surface area contributed by atoms with Crippen molar-refractivity contribution in [2.24, 2.45) is 11.8 Å². The molecule has 0 bridgehead atoms. The summed E-state index contributed by atoms with van der Waals surface area (Å²) in [5.74, 6) is -3.21. The van der Waals surface area contributed by atoms with Gasteiger partial charge in [-0.15, -0.1) is 0 Å². The van der Waals surface area contributed by atoms with Crippen molar-refractivity contribution in [3.05, 3.63) is 0 Å². The minimum atomic E-state index is -2.00. The lowest BCUT2D eigenvalue weighted by molar-refractivity contribution is -0.158. The Hall–Kier alpha value is -1.14. The van der Waals surface area contributed by atoms with Crippen molar-refractivity contribution in [1.29, 1.82) is 0 Å². The molecule has 0 aromatic carbocycles. The number of carbonyl (C=O) groups is 2. The molecule has 0 aromatic heterocycles. The van der Waals surface area contributed by atoms with Crippen molar-refractivity contribution in [2.45, 2.75) is 38.5 Å². The number of aliphatic hydroxyl groups is 2. The van der Waals surface area contributed by atoms with Gasteiger partial charge >= 0.3 is 5.97 Å².